The van der Waals surface area contributed by atoms with Crippen molar-refractivity contribution in [3.63, 3.8) is 0 Å². The lowest BCUT2D eigenvalue weighted by atomic mass is 10.1. The lowest BCUT2D eigenvalue weighted by Gasteiger charge is -2.07. The van der Waals surface area contributed by atoms with Gasteiger partial charge in [-0.05, 0) is 38.0 Å². The van der Waals surface area contributed by atoms with Gasteiger partial charge in [-0.3, -0.25) is 4.79 Å². The van der Waals surface area contributed by atoms with E-state index in [1.165, 1.54) is 11.1 Å². The van der Waals surface area contributed by atoms with Gasteiger partial charge in [-0.2, -0.15) is 0 Å². The van der Waals surface area contributed by atoms with Crippen LogP contribution in [0.25, 0.3) is 11.3 Å². The summed E-state index contributed by atoms with van der Waals surface area (Å²) in [4.78, 5) is 18.1. The lowest BCUT2D eigenvalue weighted by Crippen LogP contribution is -2.14. The van der Waals surface area contributed by atoms with Crippen LogP contribution in [0.1, 0.15) is 27.9 Å². The van der Waals surface area contributed by atoms with Crippen LogP contribution in [0.15, 0.2) is 48.5 Å². The number of amides is 1. The van der Waals surface area contributed by atoms with Crippen LogP contribution in [0.5, 0.6) is 0 Å². The first-order valence-electron chi connectivity index (χ1n) is 8.47. The summed E-state index contributed by atoms with van der Waals surface area (Å²) in [6.07, 6.45) is 1.33. The van der Waals surface area contributed by atoms with Crippen molar-refractivity contribution >= 4 is 22.9 Å². The molecule has 0 aliphatic rings. The molecule has 1 heterocycles. The molecule has 1 amide bonds. The highest BCUT2D eigenvalue weighted by Gasteiger charge is 2.15. The minimum Gasteiger partial charge on any atom is -0.326 e. The summed E-state index contributed by atoms with van der Waals surface area (Å²) in [5.41, 5.74) is 5.28. The van der Waals surface area contributed by atoms with E-state index in [4.69, 9.17) is 0 Å². The number of nitrogens with one attached hydrogen (secondary N) is 1. The van der Waals surface area contributed by atoms with Gasteiger partial charge in [0.1, 0.15) is 0 Å². The molecule has 0 fully saturated rings. The van der Waals surface area contributed by atoms with E-state index >= 15 is 0 Å². The van der Waals surface area contributed by atoms with Gasteiger partial charge >= 0.3 is 0 Å². The first-order valence-corrected chi connectivity index (χ1v) is 9.29. The highest BCUT2D eigenvalue weighted by atomic mass is 32.1. The van der Waals surface area contributed by atoms with Crippen LogP contribution in [-0.2, 0) is 17.6 Å². The van der Waals surface area contributed by atoms with E-state index in [1.807, 2.05) is 31.2 Å². The molecule has 0 radical (unpaired) electrons. The second kappa shape index (κ2) is 7.62. The highest BCUT2D eigenvalue weighted by molar-refractivity contribution is 7.12. The Morgan fingerprint density at radius 1 is 1.04 bits per heavy atom. The topological polar surface area (TPSA) is 42.0 Å². The van der Waals surface area contributed by atoms with Crippen LogP contribution in [0, 0.1) is 13.8 Å². The zero-order chi connectivity index (χ0) is 17.8. The average molecular weight is 350 g/mol. The van der Waals surface area contributed by atoms with Gasteiger partial charge in [-0.25, -0.2) is 4.98 Å². The number of rotatable bonds is 5. The molecule has 1 aromatic heterocycles. The molecule has 0 saturated heterocycles. The SMILES string of the molecule is CCc1ccc(NC(=O)Cc2sc(C)nc2-c2ccc(C)cc2)cc1. The van der Waals surface area contributed by atoms with Crippen molar-refractivity contribution in [1.82, 2.24) is 4.98 Å². The number of aryl methyl sites for hydroxylation is 3. The number of benzene rings is 2. The molecule has 0 bridgehead atoms. The van der Waals surface area contributed by atoms with E-state index in [9.17, 15) is 4.79 Å². The van der Waals surface area contributed by atoms with Crippen molar-refractivity contribution in [3.05, 3.63) is 69.5 Å². The molecule has 2 aromatic carbocycles. The third kappa shape index (κ3) is 4.34. The summed E-state index contributed by atoms with van der Waals surface area (Å²) >= 11 is 1.59. The molecule has 0 unspecified atom stereocenters. The quantitative estimate of drug-likeness (QED) is 0.690. The van der Waals surface area contributed by atoms with Crippen molar-refractivity contribution in [2.24, 2.45) is 0 Å². The maximum Gasteiger partial charge on any atom is 0.229 e. The fourth-order valence-corrected chi connectivity index (χ4v) is 3.66. The molecule has 4 heteroatoms. The molecule has 3 aromatic rings. The van der Waals surface area contributed by atoms with Crippen LogP contribution >= 0.6 is 11.3 Å². The number of carbonyl (C=O) groups is 1. The van der Waals surface area contributed by atoms with Gasteiger partial charge in [0.15, 0.2) is 0 Å². The van der Waals surface area contributed by atoms with Crippen molar-refractivity contribution in [2.75, 3.05) is 5.32 Å². The lowest BCUT2D eigenvalue weighted by molar-refractivity contribution is -0.115. The number of anilines is 1. The molecular weight excluding hydrogens is 328 g/mol. The van der Waals surface area contributed by atoms with Crippen LogP contribution in [0.2, 0.25) is 0 Å². The van der Waals surface area contributed by atoms with E-state index in [-0.39, 0.29) is 5.91 Å². The Bertz CT molecular complexity index is 864. The Hall–Kier alpha value is -2.46. The molecule has 0 saturated carbocycles. The summed E-state index contributed by atoms with van der Waals surface area (Å²) in [7, 11) is 0. The predicted octanol–water partition coefficient (Wildman–Crippen LogP) is 5.17. The predicted molar refractivity (Wildman–Crippen MR) is 105 cm³/mol. The number of nitrogens with zero attached hydrogens (tertiary/aromatic N) is 1. The minimum atomic E-state index is -0.0127. The van der Waals surface area contributed by atoms with Crippen LogP contribution in [0.3, 0.4) is 0 Å². The highest BCUT2D eigenvalue weighted by Crippen LogP contribution is 2.29. The van der Waals surface area contributed by atoms with Gasteiger partial charge in [-0.15, -0.1) is 11.3 Å². The minimum absolute atomic E-state index is 0.0127. The fraction of sp³-hybridized carbons (Fsp3) is 0.238. The summed E-state index contributed by atoms with van der Waals surface area (Å²) in [5.74, 6) is -0.0127. The third-order valence-corrected chi connectivity index (χ3v) is 5.07. The van der Waals surface area contributed by atoms with Crippen molar-refractivity contribution < 1.29 is 4.79 Å². The van der Waals surface area contributed by atoms with Gasteiger partial charge in [0, 0.05) is 16.1 Å². The van der Waals surface area contributed by atoms with E-state index in [0.29, 0.717) is 6.42 Å². The molecule has 0 spiro atoms. The third-order valence-electron chi connectivity index (χ3n) is 4.10. The molecule has 25 heavy (non-hydrogen) atoms. The summed E-state index contributed by atoms with van der Waals surface area (Å²) in [6.45, 7) is 6.16. The summed E-state index contributed by atoms with van der Waals surface area (Å²) < 4.78 is 0. The summed E-state index contributed by atoms with van der Waals surface area (Å²) in [6, 6.07) is 16.3. The molecule has 0 aliphatic heterocycles. The van der Waals surface area contributed by atoms with E-state index in [1.54, 1.807) is 11.3 Å². The fourth-order valence-electron chi connectivity index (χ4n) is 2.70. The number of thiazole rings is 1. The number of carbonyl (C=O) groups excluding carboxylic acids is 1. The zero-order valence-corrected chi connectivity index (χ0v) is 15.6. The normalized spacial score (nSPS) is 10.7. The van der Waals surface area contributed by atoms with Gasteiger partial charge in [0.2, 0.25) is 5.91 Å². The maximum absolute atomic E-state index is 12.5. The second-order valence-electron chi connectivity index (χ2n) is 6.15. The Morgan fingerprint density at radius 3 is 2.36 bits per heavy atom. The summed E-state index contributed by atoms with van der Waals surface area (Å²) in [5, 5.41) is 3.96. The standard InChI is InChI=1S/C21H22N2OS/c1-4-16-7-11-18(12-8-16)23-20(24)13-19-21(22-15(3)25-19)17-9-5-14(2)6-10-17/h5-12H,4,13H2,1-3H3,(H,23,24). The van der Waals surface area contributed by atoms with Crippen molar-refractivity contribution in [1.29, 1.82) is 0 Å². The molecular formula is C21H22N2OS. The largest absolute Gasteiger partial charge is 0.326 e. The monoisotopic (exact) mass is 350 g/mol. The Kier molecular flexibility index (Phi) is 5.29. The van der Waals surface area contributed by atoms with E-state index in [0.717, 1.165) is 33.3 Å². The van der Waals surface area contributed by atoms with Crippen molar-refractivity contribution in [2.45, 2.75) is 33.6 Å². The van der Waals surface area contributed by atoms with Gasteiger partial charge in [0.05, 0.1) is 17.1 Å². The first kappa shape index (κ1) is 17.4. The smallest absolute Gasteiger partial charge is 0.229 e. The van der Waals surface area contributed by atoms with Gasteiger partial charge in [-0.1, -0.05) is 48.9 Å². The van der Waals surface area contributed by atoms with E-state index in [2.05, 4.69) is 48.4 Å². The number of aromatic nitrogens is 1. The molecule has 3 rings (SSSR count). The van der Waals surface area contributed by atoms with Crippen LogP contribution < -0.4 is 5.32 Å². The molecule has 0 atom stereocenters. The van der Waals surface area contributed by atoms with E-state index < -0.39 is 0 Å². The molecule has 128 valence electrons. The zero-order valence-electron chi connectivity index (χ0n) is 14.8. The molecule has 3 nitrogen and oxygen atoms in total. The molecule has 0 aliphatic carbocycles. The Balaban J connectivity index is 1.75. The first-order chi connectivity index (χ1) is 12.0. The maximum atomic E-state index is 12.5. The Morgan fingerprint density at radius 2 is 1.72 bits per heavy atom. The molecule has 1 N–H and O–H groups in total. The Labute approximate surface area is 152 Å². The van der Waals surface area contributed by atoms with Crippen LogP contribution in [0.4, 0.5) is 5.69 Å². The van der Waals surface area contributed by atoms with Gasteiger partial charge in [0.25, 0.3) is 0 Å². The number of hydrogen-bond acceptors (Lipinski definition) is 3. The van der Waals surface area contributed by atoms with Gasteiger partial charge < -0.3 is 5.32 Å². The van der Waals surface area contributed by atoms with Crippen LogP contribution in [-0.4, -0.2) is 10.9 Å². The second-order valence-corrected chi connectivity index (χ2v) is 7.43. The number of hydrogen-bond donors (Lipinski definition) is 1. The average Bonchev–Trinajstić information content (AvgIpc) is 2.96. The van der Waals surface area contributed by atoms with Crippen molar-refractivity contribution in [3.8, 4) is 11.3 Å².